The van der Waals surface area contributed by atoms with Crippen LogP contribution in [0.25, 0.3) is 0 Å². The quantitative estimate of drug-likeness (QED) is 0.675. The van der Waals surface area contributed by atoms with E-state index in [2.05, 4.69) is 57.3 Å². The summed E-state index contributed by atoms with van der Waals surface area (Å²) in [7, 11) is 0. The second kappa shape index (κ2) is 9.31. The Balaban J connectivity index is 1.28. The zero-order valence-corrected chi connectivity index (χ0v) is 18.9. The molecular formula is C24H28BrN3O2. The molecule has 0 aliphatic carbocycles. The number of halogens is 1. The third-order valence-corrected chi connectivity index (χ3v) is 6.72. The zero-order valence-electron chi connectivity index (χ0n) is 17.3. The SMILES string of the molecule is Cc1ccccc1CN1CCC(NC(=O)C2CCN(c3cccc(Br)c3)C2=O)CC1. The molecule has 0 bridgehead atoms. The van der Waals surface area contributed by atoms with Crippen LogP contribution in [0.3, 0.4) is 0 Å². The lowest BCUT2D eigenvalue weighted by Crippen LogP contribution is -2.47. The van der Waals surface area contributed by atoms with E-state index in [1.165, 1.54) is 11.1 Å². The monoisotopic (exact) mass is 469 g/mol. The molecule has 1 atom stereocenters. The van der Waals surface area contributed by atoms with Crippen LogP contribution in [0.1, 0.15) is 30.4 Å². The minimum Gasteiger partial charge on any atom is -0.353 e. The fourth-order valence-corrected chi connectivity index (χ4v) is 4.78. The van der Waals surface area contributed by atoms with Gasteiger partial charge in [0, 0.05) is 42.4 Å². The van der Waals surface area contributed by atoms with E-state index in [9.17, 15) is 9.59 Å². The largest absolute Gasteiger partial charge is 0.353 e. The van der Waals surface area contributed by atoms with Gasteiger partial charge >= 0.3 is 0 Å². The number of piperidine rings is 1. The first kappa shape index (κ1) is 21.1. The lowest BCUT2D eigenvalue weighted by Gasteiger charge is -2.33. The van der Waals surface area contributed by atoms with Crippen molar-refractivity contribution >= 4 is 33.4 Å². The number of likely N-dealkylation sites (tertiary alicyclic amines) is 1. The molecule has 0 radical (unpaired) electrons. The third kappa shape index (κ3) is 4.76. The van der Waals surface area contributed by atoms with Gasteiger partial charge in [0.25, 0.3) is 0 Å². The van der Waals surface area contributed by atoms with E-state index in [1.54, 1.807) is 4.90 Å². The summed E-state index contributed by atoms with van der Waals surface area (Å²) in [6, 6.07) is 16.3. The lowest BCUT2D eigenvalue weighted by molar-refractivity contribution is -0.132. The van der Waals surface area contributed by atoms with Gasteiger partial charge in [0.1, 0.15) is 5.92 Å². The predicted octanol–water partition coefficient (Wildman–Crippen LogP) is 3.89. The second-order valence-electron chi connectivity index (χ2n) is 8.30. The van der Waals surface area contributed by atoms with Gasteiger partial charge in [-0.25, -0.2) is 0 Å². The predicted molar refractivity (Wildman–Crippen MR) is 122 cm³/mol. The van der Waals surface area contributed by atoms with Crippen molar-refractivity contribution in [1.82, 2.24) is 10.2 Å². The molecule has 2 aliphatic rings. The van der Waals surface area contributed by atoms with Crippen molar-refractivity contribution in [3.8, 4) is 0 Å². The van der Waals surface area contributed by atoms with Crippen molar-refractivity contribution in [3.05, 3.63) is 64.1 Å². The molecule has 158 valence electrons. The van der Waals surface area contributed by atoms with Gasteiger partial charge in [-0.2, -0.15) is 0 Å². The van der Waals surface area contributed by atoms with Crippen LogP contribution in [0.5, 0.6) is 0 Å². The van der Waals surface area contributed by atoms with E-state index in [0.717, 1.165) is 42.6 Å². The summed E-state index contributed by atoms with van der Waals surface area (Å²) in [5.74, 6) is -0.786. The van der Waals surface area contributed by atoms with E-state index in [0.29, 0.717) is 13.0 Å². The minimum atomic E-state index is -0.575. The third-order valence-electron chi connectivity index (χ3n) is 6.23. The highest BCUT2D eigenvalue weighted by atomic mass is 79.9. The number of aryl methyl sites for hydroxylation is 1. The standard InChI is InChI=1S/C24H28BrN3O2/c1-17-5-2-3-6-18(17)16-27-12-9-20(10-13-27)26-23(29)22-11-14-28(24(22)30)21-8-4-7-19(25)15-21/h2-8,15,20,22H,9-14,16H2,1H3,(H,26,29). The Bertz CT molecular complexity index is 924. The van der Waals surface area contributed by atoms with Crippen molar-refractivity contribution in [2.45, 2.75) is 38.8 Å². The zero-order chi connectivity index (χ0) is 21.1. The molecule has 2 aromatic carbocycles. The molecule has 5 nitrogen and oxygen atoms in total. The van der Waals surface area contributed by atoms with Crippen molar-refractivity contribution in [2.24, 2.45) is 5.92 Å². The fourth-order valence-electron chi connectivity index (χ4n) is 4.39. The Morgan fingerprint density at radius 2 is 1.83 bits per heavy atom. The van der Waals surface area contributed by atoms with Gasteiger partial charge in [0.2, 0.25) is 11.8 Å². The van der Waals surface area contributed by atoms with Crippen LogP contribution in [-0.4, -0.2) is 42.4 Å². The molecule has 2 aliphatic heterocycles. The topological polar surface area (TPSA) is 52.7 Å². The Morgan fingerprint density at radius 1 is 1.07 bits per heavy atom. The number of hydrogen-bond donors (Lipinski definition) is 1. The van der Waals surface area contributed by atoms with Gasteiger partial charge in [-0.1, -0.05) is 46.3 Å². The number of nitrogens with one attached hydrogen (secondary N) is 1. The minimum absolute atomic E-state index is 0.0948. The van der Waals surface area contributed by atoms with E-state index in [1.807, 2.05) is 24.3 Å². The molecule has 30 heavy (non-hydrogen) atoms. The molecule has 2 saturated heterocycles. The van der Waals surface area contributed by atoms with Crippen LogP contribution in [-0.2, 0) is 16.1 Å². The smallest absolute Gasteiger partial charge is 0.239 e. The van der Waals surface area contributed by atoms with E-state index >= 15 is 0 Å². The molecule has 1 unspecified atom stereocenters. The fraction of sp³-hybridized carbons (Fsp3) is 0.417. The first-order chi connectivity index (χ1) is 14.5. The molecule has 2 fully saturated rings. The molecule has 0 saturated carbocycles. The van der Waals surface area contributed by atoms with Gasteiger partial charge in [0.05, 0.1) is 0 Å². The summed E-state index contributed by atoms with van der Waals surface area (Å²) in [5, 5.41) is 3.15. The Morgan fingerprint density at radius 3 is 2.57 bits per heavy atom. The number of rotatable bonds is 5. The maximum absolute atomic E-state index is 12.8. The number of anilines is 1. The summed E-state index contributed by atoms with van der Waals surface area (Å²) in [6.45, 7) is 5.61. The Hall–Kier alpha value is -2.18. The van der Waals surface area contributed by atoms with Crippen molar-refractivity contribution in [3.63, 3.8) is 0 Å². The summed E-state index contributed by atoms with van der Waals surface area (Å²) < 4.78 is 0.929. The maximum atomic E-state index is 12.8. The second-order valence-corrected chi connectivity index (χ2v) is 9.21. The highest BCUT2D eigenvalue weighted by Crippen LogP contribution is 2.28. The summed E-state index contributed by atoms with van der Waals surface area (Å²) in [4.78, 5) is 29.8. The highest BCUT2D eigenvalue weighted by Gasteiger charge is 2.38. The number of hydrogen-bond acceptors (Lipinski definition) is 3. The lowest BCUT2D eigenvalue weighted by atomic mass is 10.0. The average Bonchev–Trinajstić information content (AvgIpc) is 3.12. The van der Waals surface area contributed by atoms with Gasteiger partial charge in [-0.15, -0.1) is 0 Å². The van der Waals surface area contributed by atoms with Gasteiger partial charge < -0.3 is 10.2 Å². The number of carbonyl (C=O) groups is 2. The molecule has 4 rings (SSSR count). The van der Waals surface area contributed by atoms with Crippen LogP contribution in [0.2, 0.25) is 0 Å². The summed E-state index contributed by atoms with van der Waals surface area (Å²) >= 11 is 3.45. The maximum Gasteiger partial charge on any atom is 0.239 e. The molecule has 2 aromatic rings. The number of benzene rings is 2. The Labute approximate surface area is 186 Å². The molecule has 2 amide bonds. The van der Waals surface area contributed by atoms with Gasteiger partial charge in [0.15, 0.2) is 0 Å². The molecule has 1 N–H and O–H groups in total. The summed E-state index contributed by atoms with van der Waals surface area (Å²) in [6.07, 6.45) is 2.42. The number of amides is 2. The van der Waals surface area contributed by atoms with Crippen LogP contribution in [0.4, 0.5) is 5.69 Å². The van der Waals surface area contributed by atoms with Gasteiger partial charge in [-0.05, 0) is 55.5 Å². The van der Waals surface area contributed by atoms with Crippen LogP contribution in [0.15, 0.2) is 53.0 Å². The molecule has 6 heteroatoms. The van der Waals surface area contributed by atoms with Crippen LogP contribution < -0.4 is 10.2 Å². The number of carbonyl (C=O) groups excluding carboxylic acids is 2. The Kier molecular flexibility index (Phi) is 6.54. The van der Waals surface area contributed by atoms with Crippen LogP contribution in [0, 0.1) is 12.8 Å². The molecule has 2 heterocycles. The molecule has 0 aromatic heterocycles. The van der Waals surface area contributed by atoms with E-state index in [-0.39, 0.29) is 17.9 Å². The van der Waals surface area contributed by atoms with Gasteiger partial charge in [-0.3, -0.25) is 14.5 Å². The molecular weight excluding hydrogens is 442 g/mol. The van der Waals surface area contributed by atoms with Crippen molar-refractivity contribution < 1.29 is 9.59 Å². The van der Waals surface area contributed by atoms with E-state index < -0.39 is 5.92 Å². The van der Waals surface area contributed by atoms with Crippen molar-refractivity contribution in [2.75, 3.05) is 24.5 Å². The molecule has 0 spiro atoms. The first-order valence-corrected chi connectivity index (χ1v) is 11.4. The first-order valence-electron chi connectivity index (χ1n) is 10.7. The summed E-state index contributed by atoms with van der Waals surface area (Å²) in [5.41, 5.74) is 3.53. The number of nitrogens with zero attached hydrogens (tertiary/aromatic N) is 2. The van der Waals surface area contributed by atoms with Crippen molar-refractivity contribution in [1.29, 1.82) is 0 Å². The average molecular weight is 470 g/mol. The normalized spacial score (nSPS) is 20.5. The van der Waals surface area contributed by atoms with Crippen LogP contribution >= 0.6 is 15.9 Å². The highest BCUT2D eigenvalue weighted by molar-refractivity contribution is 9.10. The van der Waals surface area contributed by atoms with E-state index in [4.69, 9.17) is 0 Å².